The van der Waals surface area contributed by atoms with Crippen LogP contribution in [0.3, 0.4) is 0 Å². The van der Waals surface area contributed by atoms with Gasteiger partial charge in [-0.05, 0) is 6.92 Å². The second kappa shape index (κ2) is 4.53. The Labute approximate surface area is 84.3 Å². The summed E-state index contributed by atoms with van der Waals surface area (Å²) in [5, 5.41) is 8.01. The quantitative estimate of drug-likeness (QED) is 0.620. The molecule has 72 valence electrons. The number of carboxylic acids is 1. The maximum Gasteiger partial charge on any atom is 0.322 e. The molecule has 0 fully saturated rings. The van der Waals surface area contributed by atoms with E-state index in [1.807, 2.05) is 0 Å². The molecular formula is C7H8ClNO3S. The average molecular weight is 222 g/mol. The van der Waals surface area contributed by atoms with Crippen LogP contribution in [0.25, 0.3) is 0 Å². The number of alkyl halides is 1. The van der Waals surface area contributed by atoms with Crippen molar-refractivity contribution in [3.05, 3.63) is 12.0 Å². The normalized spacial score (nSPS) is 12.8. The molecule has 1 rings (SSSR count). The summed E-state index contributed by atoms with van der Waals surface area (Å²) in [4.78, 5) is 14.3. The van der Waals surface area contributed by atoms with Crippen molar-refractivity contribution >= 4 is 29.3 Å². The molecule has 1 unspecified atom stereocenters. The summed E-state index contributed by atoms with van der Waals surface area (Å²) < 4.78 is 4.99. The number of carbonyl (C=O) groups is 1. The minimum absolute atomic E-state index is 0.247. The number of aliphatic carboxylic acids is 1. The Bertz CT molecular complexity index is 302. The number of carboxylic acid groups (broad SMARTS) is 1. The Hall–Kier alpha value is -0.680. The van der Waals surface area contributed by atoms with Crippen molar-refractivity contribution in [2.75, 3.05) is 5.75 Å². The van der Waals surface area contributed by atoms with Crippen LogP contribution < -0.4 is 0 Å². The van der Waals surface area contributed by atoms with Crippen LogP contribution in [0.4, 0.5) is 0 Å². The van der Waals surface area contributed by atoms with Gasteiger partial charge in [-0.1, -0.05) is 11.8 Å². The smallest absolute Gasteiger partial charge is 0.322 e. The number of aromatic nitrogens is 1. The fourth-order valence-corrected chi connectivity index (χ4v) is 1.56. The molecule has 13 heavy (non-hydrogen) atoms. The number of halogens is 1. The Kier molecular flexibility index (Phi) is 3.62. The van der Waals surface area contributed by atoms with Crippen LogP contribution >= 0.6 is 23.4 Å². The maximum atomic E-state index is 10.3. The first-order valence-electron chi connectivity index (χ1n) is 3.51. The molecule has 0 saturated carbocycles. The number of aryl methyl sites for hydroxylation is 1. The van der Waals surface area contributed by atoms with E-state index in [1.165, 1.54) is 18.0 Å². The van der Waals surface area contributed by atoms with E-state index in [2.05, 4.69) is 4.98 Å². The lowest BCUT2D eigenvalue weighted by Gasteiger charge is -1.99. The average Bonchev–Trinajstić information content (AvgIpc) is 2.47. The number of hydrogen-bond donors (Lipinski definition) is 1. The molecule has 0 spiro atoms. The van der Waals surface area contributed by atoms with Crippen molar-refractivity contribution in [3.8, 4) is 0 Å². The predicted molar refractivity (Wildman–Crippen MR) is 49.2 cm³/mol. The lowest BCUT2D eigenvalue weighted by atomic mass is 10.5. The van der Waals surface area contributed by atoms with Gasteiger partial charge in [-0.2, -0.15) is 0 Å². The molecule has 0 aliphatic carbocycles. The number of hydrogen-bond acceptors (Lipinski definition) is 4. The molecule has 1 N–H and O–H groups in total. The standard InChI is InChI=1S/C7H8ClNO3S/c1-4-2-12-7(9-4)13-3-5(8)6(10)11/h2,5H,3H2,1H3,(H,10,11). The minimum atomic E-state index is -1.03. The molecule has 1 heterocycles. The number of nitrogens with zero attached hydrogens (tertiary/aromatic N) is 1. The lowest BCUT2D eigenvalue weighted by Crippen LogP contribution is -2.15. The Balaban J connectivity index is 2.39. The highest BCUT2D eigenvalue weighted by atomic mass is 35.5. The van der Waals surface area contributed by atoms with E-state index in [0.29, 0.717) is 5.22 Å². The van der Waals surface area contributed by atoms with Crippen molar-refractivity contribution in [1.82, 2.24) is 4.98 Å². The molecule has 0 aliphatic heterocycles. The second-order valence-electron chi connectivity index (χ2n) is 2.37. The summed E-state index contributed by atoms with van der Waals surface area (Å²) in [5.74, 6) is -0.783. The largest absolute Gasteiger partial charge is 0.480 e. The fraction of sp³-hybridized carbons (Fsp3) is 0.429. The van der Waals surface area contributed by atoms with Crippen molar-refractivity contribution in [2.24, 2.45) is 0 Å². The van der Waals surface area contributed by atoms with Crippen LogP contribution in [-0.4, -0.2) is 27.2 Å². The summed E-state index contributed by atoms with van der Waals surface area (Å²) in [6.07, 6.45) is 1.51. The number of rotatable bonds is 4. The lowest BCUT2D eigenvalue weighted by molar-refractivity contribution is -0.136. The molecule has 4 nitrogen and oxygen atoms in total. The third-order valence-corrected chi connectivity index (χ3v) is 2.68. The molecule has 0 radical (unpaired) electrons. The minimum Gasteiger partial charge on any atom is -0.480 e. The molecule has 0 saturated heterocycles. The van der Waals surface area contributed by atoms with E-state index in [4.69, 9.17) is 21.1 Å². The Morgan fingerprint density at radius 2 is 2.62 bits per heavy atom. The first-order chi connectivity index (χ1) is 6.09. The van der Waals surface area contributed by atoms with E-state index >= 15 is 0 Å². The van der Waals surface area contributed by atoms with Gasteiger partial charge in [-0.15, -0.1) is 11.6 Å². The first kappa shape index (κ1) is 10.4. The van der Waals surface area contributed by atoms with Crippen molar-refractivity contribution in [1.29, 1.82) is 0 Å². The van der Waals surface area contributed by atoms with Crippen LogP contribution in [-0.2, 0) is 4.79 Å². The summed E-state index contributed by atoms with van der Waals surface area (Å²) in [6.45, 7) is 1.79. The molecule has 1 atom stereocenters. The first-order valence-corrected chi connectivity index (χ1v) is 4.93. The number of thioether (sulfide) groups is 1. The van der Waals surface area contributed by atoms with Gasteiger partial charge in [0.2, 0.25) is 0 Å². The van der Waals surface area contributed by atoms with E-state index in [0.717, 1.165) is 5.69 Å². The van der Waals surface area contributed by atoms with Gasteiger partial charge in [0, 0.05) is 5.75 Å². The second-order valence-corrected chi connectivity index (χ2v) is 3.87. The third-order valence-electron chi connectivity index (χ3n) is 1.22. The molecule has 0 amide bonds. The maximum absolute atomic E-state index is 10.3. The number of oxazole rings is 1. The van der Waals surface area contributed by atoms with Crippen molar-refractivity contribution in [3.63, 3.8) is 0 Å². The zero-order valence-electron chi connectivity index (χ0n) is 6.86. The van der Waals surface area contributed by atoms with Gasteiger partial charge in [0.15, 0.2) is 0 Å². The molecular weight excluding hydrogens is 214 g/mol. The van der Waals surface area contributed by atoms with Gasteiger partial charge in [-0.3, -0.25) is 4.79 Å². The van der Waals surface area contributed by atoms with E-state index in [9.17, 15) is 4.79 Å². The van der Waals surface area contributed by atoms with Crippen LogP contribution in [0.1, 0.15) is 5.69 Å². The van der Waals surface area contributed by atoms with Crippen molar-refractivity contribution in [2.45, 2.75) is 17.5 Å². The van der Waals surface area contributed by atoms with Crippen molar-refractivity contribution < 1.29 is 14.3 Å². The molecule has 6 heteroatoms. The molecule has 1 aromatic rings. The van der Waals surface area contributed by atoms with Gasteiger partial charge in [-0.25, -0.2) is 4.98 Å². The van der Waals surface area contributed by atoms with E-state index < -0.39 is 11.3 Å². The monoisotopic (exact) mass is 221 g/mol. The summed E-state index contributed by atoms with van der Waals surface area (Å²) in [7, 11) is 0. The van der Waals surface area contributed by atoms with E-state index in [-0.39, 0.29) is 5.75 Å². The Morgan fingerprint density at radius 1 is 1.92 bits per heavy atom. The highest BCUT2D eigenvalue weighted by molar-refractivity contribution is 7.99. The highest BCUT2D eigenvalue weighted by Gasteiger charge is 2.15. The van der Waals surface area contributed by atoms with Crippen LogP contribution in [0.2, 0.25) is 0 Å². The zero-order valence-corrected chi connectivity index (χ0v) is 8.43. The van der Waals surface area contributed by atoms with Gasteiger partial charge < -0.3 is 9.52 Å². The van der Waals surface area contributed by atoms with Crippen LogP contribution in [0, 0.1) is 6.92 Å². The van der Waals surface area contributed by atoms with Gasteiger partial charge in [0.05, 0.1) is 5.69 Å². The summed E-state index contributed by atoms with van der Waals surface area (Å²) >= 11 is 6.67. The molecule has 0 aromatic carbocycles. The summed E-state index contributed by atoms with van der Waals surface area (Å²) in [5.41, 5.74) is 0.768. The SMILES string of the molecule is Cc1coc(SCC(Cl)C(=O)O)n1. The molecule has 0 bridgehead atoms. The van der Waals surface area contributed by atoms with Gasteiger partial charge in [0.1, 0.15) is 11.6 Å². The molecule has 1 aromatic heterocycles. The van der Waals surface area contributed by atoms with Crippen LogP contribution in [0.5, 0.6) is 0 Å². The summed E-state index contributed by atoms with van der Waals surface area (Å²) in [6, 6.07) is 0. The fourth-order valence-electron chi connectivity index (χ4n) is 0.614. The third kappa shape index (κ3) is 3.28. The Morgan fingerprint density at radius 3 is 3.08 bits per heavy atom. The highest BCUT2D eigenvalue weighted by Crippen LogP contribution is 2.19. The zero-order chi connectivity index (χ0) is 9.84. The van der Waals surface area contributed by atoms with Crippen LogP contribution in [0.15, 0.2) is 15.9 Å². The van der Waals surface area contributed by atoms with Gasteiger partial charge in [0.25, 0.3) is 5.22 Å². The molecule has 0 aliphatic rings. The van der Waals surface area contributed by atoms with Gasteiger partial charge >= 0.3 is 5.97 Å². The van der Waals surface area contributed by atoms with E-state index in [1.54, 1.807) is 6.92 Å². The topological polar surface area (TPSA) is 63.3 Å². The predicted octanol–water partition coefficient (Wildman–Crippen LogP) is 1.77.